The molecule has 0 unspecified atom stereocenters. The number of hydrogen-bond donors (Lipinski definition) is 2. The zero-order valence-electron chi connectivity index (χ0n) is 12.9. The van der Waals surface area contributed by atoms with E-state index in [0.29, 0.717) is 11.4 Å². The number of halogens is 3. The van der Waals surface area contributed by atoms with Gasteiger partial charge in [-0.3, -0.25) is 4.79 Å². The Morgan fingerprint density at radius 2 is 1.96 bits per heavy atom. The standard InChI is InChI=1S/C16H16F3N3O2/c1-20-15(23)11-5-4-8-21-14(11)22-9-10-24-13-7-3-2-6-12(13)16(17,18)19/h2-8H,9-10H2,1H3,(H,20,23)(H,21,22). The minimum Gasteiger partial charge on any atom is -0.491 e. The van der Waals surface area contributed by atoms with Crippen molar-refractivity contribution in [2.45, 2.75) is 6.18 Å². The van der Waals surface area contributed by atoms with Crippen LogP contribution in [0, 0.1) is 0 Å². The number of aromatic nitrogens is 1. The third kappa shape index (κ3) is 4.37. The molecule has 0 radical (unpaired) electrons. The van der Waals surface area contributed by atoms with E-state index < -0.39 is 11.7 Å². The van der Waals surface area contributed by atoms with Crippen molar-refractivity contribution in [2.24, 2.45) is 0 Å². The number of amides is 1. The second kappa shape index (κ2) is 7.67. The second-order valence-electron chi connectivity index (χ2n) is 4.75. The van der Waals surface area contributed by atoms with E-state index in [2.05, 4.69) is 15.6 Å². The average Bonchev–Trinajstić information content (AvgIpc) is 2.58. The summed E-state index contributed by atoms with van der Waals surface area (Å²) in [4.78, 5) is 15.7. The number of carbonyl (C=O) groups excluding carboxylic acids is 1. The highest BCUT2D eigenvalue weighted by atomic mass is 19.4. The van der Waals surface area contributed by atoms with Gasteiger partial charge in [-0.15, -0.1) is 0 Å². The van der Waals surface area contributed by atoms with Crippen LogP contribution in [0.3, 0.4) is 0 Å². The molecule has 0 atom stereocenters. The fourth-order valence-corrected chi connectivity index (χ4v) is 2.02. The van der Waals surface area contributed by atoms with Gasteiger partial charge in [0.05, 0.1) is 17.7 Å². The SMILES string of the molecule is CNC(=O)c1cccnc1NCCOc1ccccc1C(F)(F)F. The van der Waals surface area contributed by atoms with Crippen molar-refractivity contribution in [1.29, 1.82) is 0 Å². The highest BCUT2D eigenvalue weighted by molar-refractivity contribution is 5.98. The molecule has 0 saturated heterocycles. The van der Waals surface area contributed by atoms with E-state index in [9.17, 15) is 18.0 Å². The highest BCUT2D eigenvalue weighted by Gasteiger charge is 2.33. The number of nitrogens with zero attached hydrogens (tertiary/aromatic N) is 1. The van der Waals surface area contributed by atoms with Gasteiger partial charge in [0, 0.05) is 13.2 Å². The predicted molar refractivity (Wildman–Crippen MR) is 83.1 cm³/mol. The number of nitrogens with one attached hydrogen (secondary N) is 2. The van der Waals surface area contributed by atoms with Crippen LogP contribution >= 0.6 is 0 Å². The molecule has 1 heterocycles. The Kier molecular flexibility index (Phi) is 5.62. The van der Waals surface area contributed by atoms with Gasteiger partial charge in [-0.2, -0.15) is 13.2 Å². The molecule has 128 valence electrons. The van der Waals surface area contributed by atoms with Gasteiger partial charge in [-0.25, -0.2) is 4.98 Å². The molecule has 2 N–H and O–H groups in total. The lowest BCUT2D eigenvalue weighted by Crippen LogP contribution is -2.21. The molecule has 0 spiro atoms. The summed E-state index contributed by atoms with van der Waals surface area (Å²) in [5.41, 5.74) is -0.482. The van der Waals surface area contributed by atoms with Gasteiger partial charge in [-0.05, 0) is 24.3 Å². The maximum absolute atomic E-state index is 12.9. The molecule has 1 aromatic heterocycles. The van der Waals surface area contributed by atoms with Gasteiger partial charge in [0.15, 0.2) is 0 Å². The number of rotatable bonds is 6. The summed E-state index contributed by atoms with van der Waals surface area (Å²) in [5, 5.41) is 5.37. The Morgan fingerprint density at radius 1 is 1.21 bits per heavy atom. The van der Waals surface area contributed by atoms with Crippen LogP contribution in [0.4, 0.5) is 19.0 Å². The summed E-state index contributed by atoms with van der Waals surface area (Å²) in [6, 6.07) is 8.21. The topological polar surface area (TPSA) is 63.2 Å². The van der Waals surface area contributed by atoms with E-state index in [4.69, 9.17) is 4.74 Å². The molecular weight excluding hydrogens is 323 g/mol. The lowest BCUT2D eigenvalue weighted by atomic mass is 10.2. The van der Waals surface area contributed by atoms with E-state index >= 15 is 0 Å². The first-order chi connectivity index (χ1) is 11.4. The smallest absolute Gasteiger partial charge is 0.419 e. The van der Waals surface area contributed by atoms with E-state index in [1.807, 2.05) is 0 Å². The minimum atomic E-state index is -4.47. The maximum atomic E-state index is 12.9. The van der Waals surface area contributed by atoms with Gasteiger partial charge in [-0.1, -0.05) is 12.1 Å². The molecule has 8 heteroatoms. The fraction of sp³-hybridized carbons (Fsp3) is 0.250. The number of para-hydroxylation sites is 1. The quantitative estimate of drug-likeness (QED) is 0.795. The number of anilines is 1. The summed E-state index contributed by atoms with van der Waals surface area (Å²) >= 11 is 0. The monoisotopic (exact) mass is 339 g/mol. The summed E-state index contributed by atoms with van der Waals surface area (Å²) in [6.07, 6.45) is -2.97. The molecule has 0 bridgehead atoms. The lowest BCUT2D eigenvalue weighted by molar-refractivity contribution is -0.138. The van der Waals surface area contributed by atoms with Crippen LogP contribution in [0.2, 0.25) is 0 Å². The van der Waals surface area contributed by atoms with E-state index in [1.54, 1.807) is 12.1 Å². The van der Waals surface area contributed by atoms with Crippen LogP contribution in [0.25, 0.3) is 0 Å². The minimum absolute atomic E-state index is 0.0170. The molecule has 1 aromatic carbocycles. The zero-order valence-corrected chi connectivity index (χ0v) is 12.9. The Morgan fingerprint density at radius 3 is 2.67 bits per heavy atom. The van der Waals surface area contributed by atoms with Crippen LogP contribution in [-0.4, -0.2) is 31.1 Å². The number of benzene rings is 1. The third-order valence-electron chi connectivity index (χ3n) is 3.12. The molecular formula is C16H16F3N3O2. The molecule has 0 aliphatic heterocycles. The zero-order chi connectivity index (χ0) is 17.6. The largest absolute Gasteiger partial charge is 0.491 e. The highest BCUT2D eigenvalue weighted by Crippen LogP contribution is 2.35. The van der Waals surface area contributed by atoms with Crippen molar-refractivity contribution in [3.63, 3.8) is 0 Å². The molecule has 1 amide bonds. The molecule has 5 nitrogen and oxygen atoms in total. The van der Waals surface area contributed by atoms with Gasteiger partial charge < -0.3 is 15.4 Å². The predicted octanol–water partition coefficient (Wildman–Crippen LogP) is 2.95. The molecule has 0 saturated carbocycles. The molecule has 0 aliphatic carbocycles. The second-order valence-corrected chi connectivity index (χ2v) is 4.75. The lowest BCUT2D eigenvalue weighted by Gasteiger charge is -2.14. The molecule has 0 fully saturated rings. The summed E-state index contributed by atoms with van der Waals surface area (Å²) in [6.45, 7) is 0.171. The van der Waals surface area contributed by atoms with Crippen molar-refractivity contribution < 1.29 is 22.7 Å². The normalized spacial score (nSPS) is 11.0. The van der Waals surface area contributed by atoms with Gasteiger partial charge in [0.2, 0.25) is 0 Å². The van der Waals surface area contributed by atoms with Crippen molar-refractivity contribution in [2.75, 3.05) is 25.5 Å². The fourth-order valence-electron chi connectivity index (χ4n) is 2.02. The molecule has 24 heavy (non-hydrogen) atoms. The van der Waals surface area contributed by atoms with Crippen LogP contribution in [0.15, 0.2) is 42.6 Å². The molecule has 2 rings (SSSR count). The number of ether oxygens (including phenoxy) is 1. The number of carbonyl (C=O) groups is 1. The van der Waals surface area contributed by atoms with Crippen LogP contribution in [-0.2, 0) is 6.18 Å². The van der Waals surface area contributed by atoms with Crippen molar-refractivity contribution in [3.8, 4) is 5.75 Å². The Labute approximate surface area is 136 Å². The van der Waals surface area contributed by atoms with Gasteiger partial charge in [0.1, 0.15) is 18.2 Å². The van der Waals surface area contributed by atoms with Crippen molar-refractivity contribution in [1.82, 2.24) is 10.3 Å². The third-order valence-corrected chi connectivity index (χ3v) is 3.12. The van der Waals surface area contributed by atoms with E-state index in [-0.39, 0.29) is 24.8 Å². The van der Waals surface area contributed by atoms with E-state index in [0.717, 1.165) is 6.07 Å². The molecule has 0 aliphatic rings. The Balaban J connectivity index is 1.97. The van der Waals surface area contributed by atoms with Crippen LogP contribution in [0.5, 0.6) is 5.75 Å². The maximum Gasteiger partial charge on any atom is 0.419 e. The number of hydrogen-bond acceptors (Lipinski definition) is 4. The van der Waals surface area contributed by atoms with Crippen molar-refractivity contribution >= 4 is 11.7 Å². The summed E-state index contributed by atoms with van der Waals surface area (Å²) in [5.74, 6) is -0.210. The first kappa shape index (κ1) is 17.6. The Bertz CT molecular complexity index is 705. The molecule has 2 aromatic rings. The summed E-state index contributed by atoms with van der Waals surface area (Å²) < 4.78 is 43.8. The van der Waals surface area contributed by atoms with Gasteiger partial charge in [0.25, 0.3) is 5.91 Å². The number of alkyl halides is 3. The van der Waals surface area contributed by atoms with Gasteiger partial charge >= 0.3 is 6.18 Å². The average molecular weight is 339 g/mol. The Hall–Kier alpha value is -2.77. The number of pyridine rings is 1. The summed E-state index contributed by atoms with van der Waals surface area (Å²) in [7, 11) is 1.50. The van der Waals surface area contributed by atoms with Crippen LogP contribution in [0.1, 0.15) is 15.9 Å². The van der Waals surface area contributed by atoms with E-state index in [1.165, 1.54) is 31.4 Å². The first-order valence-electron chi connectivity index (χ1n) is 7.13. The van der Waals surface area contributed by atoms with Crippen LogP contribution < -0.4 is 15.4 Å². The first-order valence-corrected chi connectivity index (χ1v) is 7.13. The van der Waals surface area contributed by atoms with Crippen molar-refractivity contribution in [3.05, 3.63) is 53.7 Å².